The Morgan fingerprint density at radius 1 is 1.14 bits per heavy atom. The zero-order valence-electron chi connectivity index (χ0n) is 12.1. The quantitative estimate of drug-likeness (QED) is 0.808. The Labute approximate surface area is 133 Å². The zero-order valence-corrected chi connectivity index (χ0v) is 13.6. The van der Waals surface area contributed by atoms with E-state index in [1.165, 1.54) is 12.8 Å². The number of aliphatic hydroxyl groups is 1. The fraction of sp³-hybridized carbons (Fsp3) is 0.471. The summed E-state index contributed by atoms with van der Waals surface area (Å²) in [6.07, 6.45) is 9.85. The summed E-state index contributed by atoms with van der Waals surface area (Å²) >= 11 is 3.64. The predicted octanol–water partition coefficient (Wildman–Crippen LogP) is 4.39. The van der Waals surface area contributed by atoms with Gasteiger partial charge in [-0.3, -0.25) is 0 Å². The van der Waals surface area contributed by atoms with E-state index in [2.05, 4.69) is 32.0 Å². The Bertz CT molecular complexity index is 574. The molecule has 1 fully saturated rings. The van der Waals surface area contributed by atoms with E-state index in [1.54, 1.807) is 6.20 Å². The van der Waals surface area contributed by atoms with Gasteiger partial charge in [0.15, 0.2) is 0 Å². The normalized spacial score (nSPS) is 19.9. The van der Waals surface area contributed by atoms with Crippen molar-refractivity contribution < 1.29 is 5.11 Å². The van der Waals surface area contributed by atoms with Crippen molar-refractivity contribution in [3.05, 3.63) is 52.5 Å². The molecule has 1 aromatic carbocycles. The molecule has 1 heterocycles. The number of H-pyrrole nitrogens is 1. The van der Waals surface area contributed by atoms with Crippen LogP contribution in [0.3, 0.4) is 0 Å². The van der Waals surface area contributed by atoms with Crippen LogP contribution in [0.4, 0.5) is 0 Å². The van der Waals surface area contributed by atoms with Crippen molar-refractivity contribution in [2.75, 3.05) is 0 Å². The van der Waals surface area contributed by atoms with Crippen molar-refractivity contribution in [3.8, 4) is 0 Å². The fourth-order valence-electron chi connectivity index (χ4n) is 3.47. The SMILES string of the molecule is OC1(C(c2ncc[nH]2)c2ccccc2Br)CCCCCC1. The second-order valence-electron chi connectivity index (χ2n) is 5.95. The summed E-state index contributed by atoms with van der Waals surface area (Å²) in [5, 5.41) is 11.4. The van der Waals surface area contributed by atoms with E-state index >= 15 is 0 Å². The Hall–Kier alpha value is -1.13. The molecule has 21 heavy (non-hydrogen) atoms. The monoisotopic (exact) mass is 348 g/mol. The van der Waals surface area contributed by atoms with Gasteiger partial charge in [0.1, 0.15) is 5.82 Å². The van der Waals surface area contributed by atoms with Crippen LogP contribution in [-0.2, 0) is 0 Å². The molecule has 4 heteroatoms. The van der Waals surface area contributed by atoms with E-state index in [4.69, 9.17) is 0 Å². The first-order chi connectivity index (χ1) is 10.2. The van der Waals surface area contributed by atoms with E-state index in [0.717, 1.165) is 41.5 Å². The van der Waals surface area contributed by atoms with Crippen molar-refractivity contribution in [2.24, 2.45) is 0 Å². The Morgan fingerprint density at radius 2 is 1.86 bits per heavy atom. The molecule has 0 spiro atoms. The molecule has 1 unspecified atom stereocenters. The predicted molar refractivity (Wildman–Crippen MR) is 87.2 cm³/mol. The van der Waals surface area contributed by atoms with Crippen LogP contribution in [0.5, 0.6) is 0 Å². The number of rotatable bonds is 3. The second-order valence-corrected chi connectivity index (χ2v) is 6.80. The fourth-order valence-corrected chi connectivity index (χ4v) is 3.98. The third kappa shape index (κ3) is 3.06. The number of hydrogen-bond acceptors (Lipinski definition) is 2. The summed E-state index contributed by atoms with van der Waals surface area (Å²) in [6, 6.07) is 8.14. The molecule has 1 aliphatic carbocycles. The minimum atomic E-state index is -0.724. The first kappa shape index (κ1) is 14.8. The van der Waals surface area contributed by atoms with Gasteiger partial charge in [-0.25, -0.2) is 4.98 Å². The molecule has 1 aromatic heterocycles. The van der Waals surface area contributed by atoms with E-state index in [-0.39, 0.29) is 5.92 Å². The molecule has 2 N–H and O–H groups in total. The highest BCUT2D eigenvalue weighted by Crippen LogP contribution is 2.43. The van der Waals surface area contributed by atoms with Crippen LogP contribution in [0.1, 0.15) is 55.8 Å². The summed E-state index contributed by atoms with van der Waals surface area (Å²) in [4.78, 5) is 7.66. The van der Waals surface area contributed by atoms with Crippen LogP contribution >= 0.6 is 15.9 Å². The molecule has 112 valence electrons. The zero-order chi connectivity index (χ0) is 14.7. The van der Waals surface area contributed by atoms with E-state index in [9.17, 15) is 5.11 Å². The molecule has 0 bridgehead atoms. The first-order valence-corrected chi connectivity index (χ1v) is 8.46. The van der Waals surface area contributed by atoms with E-state index in [0.29, 0.717) is 0 Å². The number of aromatic amines is 1. The number of nitrogens with one attached hydrogen (secondary N) is 1. The summed E-state index contributed by atoms with van der Waals surface area (Å²) < 4.78 is 1.03. The average molecular weight is 349 g/mol. The second kappa shape index (κ2) is 6.32. The maximum absolute atomic E-state index is 11.4. The molecule has 3 nitrogen and oxygen atoms in total. The lowest BCUT2D eigenvalue weighted by molar-refractivity contribution is 0.00646. The molecule has 0 saturated heterocycles. The van der Waals surface area contributed by atoms with Crippen LogP contribution in [0.15, 0.2) is 41.1 Å². The van der Waals surface area contributed by atoms with Gasteiger partial charge < -0.3 is 10.1 Å². The third-order valence-corrected chi connectivity index (χ3v) is 5.24. The van der Waals surface area contributed by atoms with Gasteiger partial charge in [0, 0.05) is 16.9 Å². The number of halogens is 1. The molecule has 2 aromatic rings. The van der Waals surface area contributed by atoms with Gasteiger partial charge >= 0.3 is 0 Å². The topological polar surface area (TPSA) is 48.9 Å². The summed E-state index contributed by atoms with van der Waals surface area (Å²) in [5.74, 6) is 0.743. The van der Waals surface area contributed by atoms with Gasteiger partial charge in [-0.2, -0.15) is 0 Å². The van der Waals surface area contributed by atoms with Crippen molar-refractivity contribution in [1.82, 2.24) is 9.97 Å². The van der Waals surface area contributed by atoms with Crippen LogP contribution in [0.25, 0.3) is 0 Å². The Kier molecular flexibility index (Phi) is 4.45. The highest BCUT2D eigenvalue weighted by molar-refractivity contribution is 9.10. The van der Waals surface area contributed by atoms with Gasteiger partial charge in [-0.05, 0) is 24.5 Å². The smallest absolute Gasteiger partial charge is 0.116 e. The number of imidazole rings is 1. The molecule has 0 amide bonds. The van der Waals surface area contributed by atoms with Crippen LogP contribution in [0.2, 0.25) is 0 Å². The van der Waals surface area contributed by atoms with Crippen molar-refractivity contribution >= 4 is 15.9 Å². The molecule has 1 aliphatic rings. The minimum absolute atomic E-state index is 0.110. The van der Waals surface area contributed by atoms with Crippen molar-refractivity contribution in [2.45, 2.75) is 50.0 Å². The maximum atomic E-state index is 11.4. The molecule has 1 atom stereocenters. The number of hydrogen-bond donors (Lipinski definition) is 2. The van der Waals surface area contributed by atoms with Crippen molar-refractivity contribution in [1.29, 1.82) is 0 Å². The lowest BCUT2D eigenvalue weighted by atomic mass is 9.76. The van der Waals surface area contributed by atoms with E-state index < -0.39 is 5.60 Å². The maximum Gasteiger partial charge on any atom is 0.116 e. The van der Waals surface area contributed by atoms with Gasteiger partial charge in [-0.1, -0.05) is 59.8 Å². The van der Waals surface area contributed by atoms with Gasteiger partial charge in [0.25, 0.3) is 0 Å². The molecule has 3 rings (SSSR count). The van der Waals surface area contributed by atoms with Crippen molar-refractivity contribution in [3.63, 3.8) is 0 Å². The Balaban J connectivity index is 2.06. The third-order valence-electron chi connectivity index (χ3n) is 4.52. The van der Waals surface area contributed by atoms with Crippen LogP contribution in [0, 0.1) is 0 Å². The lowest BCUT2D eigenvalue weighted by Gasteiger charge is -2.35. The standard InChI is InChI=1S/C17H21BrN2O/c18-14-8-4-3-7-13(14)15(16-19-11-12-20-16)17(21)9-5-1-2-6-10-17/h3-4,7-8,11-12,15,21H,1-2,5-6,9-10H2,(H,19,20). The summed E-state index contributed by atoms with van der Waals surface area (Å²) in [7, 11) is 0. The summed E-state index contributed by atoms with van der Waals surface area (Å²) in [6.45, 7) is 0. The van der Waals surface area contributed by atoms with Crippen LogP contribution in [-0.4, -0.2) is 20.7 Å². The highest BCUT2D eigenvalue weighted by Gasteiger charge is 2.41. The minimum Gasteiger partial charge on any atom is -0.389 e. The van der Waals surface area contributed by atoms with Gasteiger partial charge in [-0.15, -0.1) is 0 Å². The molecular weight excluding hydrogens is 328 g/mol. The first-order valence-electron chi connectivity index (χ1n) is 7.67. The number of nitrogens with zero attached hydrogens (tertiary/aromatic N) is 1. The average Bonchev–Trinajstić information content (AvgIpc) is 2.90. The summed E-state index contributed by atoms with van der Waals surface area (Å²) in [5.41, 5.74) is 0.384. The van der Waals surface area contributed by atoms with E-state index in [1.807, 2.05) is 24.4 Å². The number of aromatic nitrogens is 2. The molecule has 0 aliphatic heterocycles. The molecule has 0 radical (unpaired) electrons. The lowest BCUT2D eigenvalue weighted by Crippen LogP contribution is -2.37. The highest BCUT2D eigenvalue weighted by atomic mass is 79.9. The Morgan fingerprint density at radius 3 is 2.48 bits per heavy atom. The largest absolute Gasteiger partial charge is 0.389 e. The molecular formula is C17H21BrN2O. The van der Waals surface area contributed by atoms with Crippen LogP contribution < -0.4 is 0 Å². The number of benzene rings is 1. The van der Waals surface area contributed by atoms with Gasteiger partial charge in [0.2, 0.25) is 0 Å². The molecule has 1 saturated carbocycles. The van der Waals surface area contributed by atoms with Gasteiger partial charge in [0.05, 0.1) is 11.5 Å².